The van der Waals surface area contributed by atoms with E-state index >= 15 is 0 Å². The molecule has 4 heteroatoms. The molecule has 1 saturated carbocycles. The van der Waals surface area contributed by atoms with Crippen LogP contribution in [-0.4, -0.2) is 18.6 Å². The second-order valence-corrected chi connectivity index (χ2v) is 7.37. The fourth-order valence-corrected chi connectivity index (χ4v) is 3.87. The van der Waals surface area contributed by atoms with Crippen LogP contribution >= 0.6 is 0 Å². The molecule has 26 heavy (non-hydrogen) atoms. The van der Waals surface area contributed by atoms with E-state index in [0.717, 1.165) is 29.1 Å². The Kier molecular flexibility index (Phi) is 5.09. The van der Waals surface area contributed by atoms with Gasteiger partial charge in [-0.3, -0.25) is 4.79 Å². The van der Waals surface area contributed by atoms with Gasteiger partial charge in [-0.2, -0.15) is 0 Å². The number of carbonyl (C=O) groups is 1. The second-order valence-electron chi connectivity index (χ2n) is 7.37. The van der Waals surface area contributed by atoms with Crippen LogP contribution in [-0.2, 0) is 11.2 Å². The molecular weight excluding hydrogens is 324 g/mol. The average Bonchev–Trinajstić information content (AvgIpc) is 2.70. The minimum absolute atomic E-state index is 0.0208. The first-order valence-corrected chi connectivity index (χ1v) is 9.66. The number of anilines is 2. The zero-order valence-corrected chi connectivity index (χ0v) is 15.0. The molecule has 1 aliphatic heterocycles. The Hall–Kier alpha value is -2.49. The van der Waals surface area contributed by atoms with Crippen LogP contribution in [0.4, 0.5) is 11.4 Å². The van der Waals surface area contributed by atoms with Crippen molar-refractivity contribution in [3.05, 3.63) is 54.1 Å². The van der Waals surface area contributed by atoms with E-state index in [0.29, 0.717) is 12.6 Å². The normalized spacial score (nSPS) is 19.9. The van der Waals surface area contributed by atoms with Crippen LogP contribution in [0.25, 0.3) is 0 Å². The summed E-state index contributed by atoms with van der Waals surface area (Å²) < 4.78 is 5.73. The molecule has 1 fully saturated rings. The molecule has 2 aliphatic rings. The molecule has 2 N–H and O–H groups in total. The van der Waals surface area contributed by atoms with Crippen LogP contribution < -0.4 is 15.4 Å². The van der Waals surface area contributed by atoms with Crippen molar-refractivity contribution in [3.8, 4) is 5.75 Å². The minimum Gasteiger partial charge on any atom is -0.492 e. The summed E-state index contributed by atoms with van der Waals surface area (Å²) in [6, 6.07) is 16.6. The lowest BCUT2D eigenvalue weighted by Crippen LogP contribution is -2.32. The number of para-hydroxylation sites is 1. The highest BCUT2D eigenvalue weighted by molar-refractivity contribution is 5.93. The maximum atomic E-state index is 12.6. The van der Waals surface area contributed by atoms with Gasteiger partial charge in [-0.15, -0.1) is 0 Å². The van der Waals surface area contributed by atoms with E-state index < -0.39 is 0 Å². The zero-order valence-electron chi connectivity index (χ0n) is 15.0. The molecule has 2 aromatic carbocycles. The van der Waals surface area contributed by atoms with E-state index in [1.165, 1.54) is 32.1 Å². The molecule has 4 nitrogen and oxygen atoms in total. The predicted octanol–water partition coefficient (Wildman–Crippen LogP) is 4.62. The number of hydrogen-bond donors (Lipinski definition) is 2. The molecule has 1 aliphatic carbocycles. The number of rotatable bonds is 4. The highest BCUT2D eigenvalue weighted by Gasteiger charge is 2.25. The number of ether oxygens (including phenoxy) is 1. The topological polar surface area (TPSA) is 50.4 Å². The molecule has 1 atom stereocenters. The first-order chi connectivity index (χ1) is 12.8. The fraction of sp³-hybridized carbons (Fsp3) is 0.409. The third-order valence-electron chi connectivity index (χ3n) is 5.38. The molecule has 1 unspecified atom stereocenters. The Morgan fingerprint density at radius 1 is 0.923 bits per heavy atom. The second kappa shape index (κ2) is 7.81. The molecule has 2 aromatic rings. The van der Waals surface area contributed by atoms with Crippen LogP contribution in [0.3, 0.4) is 0 Å². The van der Waals surface area contributed by atoms with Crippen molar-refractivity contribution in [3.63, 3.8) is 0 Å². The summed E-state index contributed by atoms with van der Waals surface area (Å²) in [6.45, 7) is 0.435. The molecule has 0 saturated heterocycles. The van der Waals surface area contributed by atoms with Crippen LogP contribution in [0, 0.1) is 5.92 Å². The molecule has 0 bridgehead atoms. The van der Waals surface area contributed by atoms with Crippen molar-refractivity contribution in [2.75, 3.05) is 17.2 Å². The Morgan fingerprint density at radius 3 is 2.46 bits per heavy atom. The van der Waals surface area contributed by atoms with E-state index in [-0.39, 0.29) is 11.8 Å². The third-order valence-corrected chi connectivity index (χ3v) is 5.38. The summed E-state index contributed by atoms with van der Waals surface area (Å²) in [6.07, 6.45) is 7.22. The molecule has 0 radical (unpaired) electrons. The van der Waals surface area contributed by atoms with E-state index in [2.05, 4.69) is 22.8 Å². The van der Waals surface area contributed by atoms with Crippen LogP contribution in [0.5, 0.6) is 5.75 Å². The van der Waals surface area contributed by atoms with Gasteiger partial charge in [-0.25, -0.2) is 0 Å². The van der Waals surface area contributed by atoms with Gasteiger partial charge < -0.3 is 15.4 Å². The number of hydrogen-bond acceptors (Lipinski definition) is 3. The quantitative estimate of drug-likeness (QED) is 0.846. The van der Waals surface area contributed by atoms with Crippen molar-refractivity contribution < 1.29 is 9.53 Å². The lowest BCUT2D eigenvalue weighted by atomic mass is 9.95. The third kappa shape index (κ3) is 4.01. The smallest absolute Gasteiger partial charge is 0.231 e. The van der Waals surface area contributed by atoms with Crippen molar-refractivity contribution >= 4 is 17.3 Å². The predicted molar refractivity (Wildman–Crippen MR) is 105 cm³/mol. The maximum Gasteiger partial charge on any atom is 0.231 e. The standard InChI is InChI=1S/C22H26N2O2/c25-22(17-14-16-6-4-5-9-21(16)26-15-17)24-20-12-10-19(11-13-20)23-18-7-2-1-3-8-18/h4-6,9-13,17-18,23H,1-3,7-8,14-15H2,(H,24,25). The van der Waals surface area contributed by atoms with Gasteiger partial charge in [0.2, 0.25) is 5.91 Å². The van der Waals surface area contributed by atoms with E-state index in [1.54, 1.807) is 0 Å². The lowest BCUT2D eigenvalue weighted by molar-refractivity contribution is -0.121. The first-order valence-electron chi connectivity index (χ1n) is 9.66. The minimum atomic E-state index is -0.148. The number of fused-ring (bicyclic) bond motifs is 1. The Labute approximate surface area is 155 Å². The highest BCUT2D eigenvalue weighted by Crippen LogP contribution is 2.28. The molecule has 4 rings (SSSR count). The van der Waals surface area contributed by atoms with Gasteiger partial charge in [-0.1, -0.05) is 37.5 Å². The highest BCUT2D eigenvalue weighted by atomic mass is 16.5. The molecule has 136 valence electrons. The maximum absolute atomic E-state index is 12.6. The summed E-state index contributed by atoms with van der Waals surface area (Å²) in [4.78, 5) is 12.6. The summed E-state index contributed by atoms with van der Waals surface area (Å²) in [7, 11) is 0. The summed E-state index contributed by atoms with van der Waals surface area (Å²) in [5.41, 5.74) is 3.07. The summed E-state index contributed by atoms with van der Waals surface area (Å²) in [5.74, 6) is 0.770. The fourth-order valence-electron chi connectivity index (χ4n) is 3.87. The van der Waals surface area contributed by atoms with Crippen LogP contribution in [0.1, 0.15) is 37.7 Å². The van der Waals surface area contributed by atoms with Crippen LogP contribution in [0.15, 0.2) is 48.5 Å². The largest absolute Gasteiger partial charge is 0.492 e. The summed E-state index contributed by atoms with van der Waals surface area (Å²) in [5, 5.41) is 6.63. The van der Waals surface area contributed by atoms with Crippen LogP contribution in [0.2, 0.25) is 0 Å². The van der Waals surface area contributed by atoms with Gasteiger partial charge >= 0.3 is 0 Å². The average molecular weight is 350 g/mol. The Morgan fingerprint density at radius 2 is 1.65 bits per heavy atom. The van der Waals surface area contributed by atoms with Gasteiger partial charge in [0, 0.05) is 17.4 Å². The van der Waals surface area contributed by atoms with Gasteiger partial charge in [-0.05, 0) is 55.2 Å². The number of carbonyl (C=O) groups excluding carboxylic acids is 1. The van der Waals surface area contributed by atoms with E-state index in [9.17, 15) is 4.79 Å². The molecule has 1 heterocycles. The van der Waals surface area contributed by atoms with Gasteiger partial charge in [0.25, 0.3) is 0 Å². The monoisotopic (exact) mass is 350 g/mol. The van der Waals surface area contributed by atoms with Crippen molar-refractivity contribution in [1.82, 2.24) is 0 Å². The number of benzene rings is 2. The summed E-state index contributed by atoms with van der Waals surface area (Å²) >= 11 is 0. The first kappa shape index (κ1) is 17.0. The number of nitrogens with one attached hydrogen (secondary N) is 2. The van der Waals surface area contributed by atoms with E-state index in [4.69, 9.17) is 4.74 Å². The SMILES string of the molecule is O=C(Nc1ccc(NC2CCCCC2)cc1)C1COc2ccccc2C1. The van der Waals surface area contributed by atoms with Gasteiger partial charge in [0.15, 0.2) is 0 Å². The molecule has 0 spiro atoms. The van der Waals surface area contributed by atoms with Gasteiger partial charge in [0.05, 0.1) is 5.92 Å². The van der Waals surface area contributed by atoms with Gasteiger partial charge in [0.1, 0.15) is 12.4 Å². The molecular formula is C22H26N2O2. The molecule has 1 amide bonds. The van der Waals surface area contributed by atoms with Crippen molar-refractivity contribution in [2.45, 2.75) is 44.6 Å². The number of amides is 1. The Bertz CT molecular complexity index is 751. The van der Waals surface area contributed by atoms with Crippen molar-refractivity contribution in [1.29, 1.82) is 0 Å². The molecule has 0 aromatic heterocycles. The Balaban J connectivity index is 1.33. The van der Waals surface area contributed by atoms with E-state index in [1.807, 2.05) is 36.4 Å². The zero-order chi connectivity index (χ0) is 17.8. The van der Waals surface area contributed by atoms with Crippen molar-refractivity contribution in [2.24, 2.45) is 5.92 Å². The lowest BCUT2D eigenvalue weighted by Gasteiger charge is -2.25.